The Morgan fingerprint density at radius 2 is 1.79 bits per heavy atom. The van der Waals surface area contributed by atoms with Crippen LogP contribution in [0.25, 0.3) is 0 Å². The summed E-state index contributed by atoms with van der Waals surface area (Å²) in [5, 5.41) is 9.66. The number of rotatable bonds is 2. The minimum Gasteiger partial charge on any atom is -0.489 e. The van der Waals surface area contributed by atoms with Crippen molar-refractivity contribution in [2.24, 2.45) is 5.92 Å². The van der Waals surface area contributed by atoms with E-state index in [2.05, 4.69) is 6.07 Å². The molecule has 1 fully saturated rings. The monoisotopic (exact) mass is 473 g/mol. The zero-order valence-electron chi connectivity index (χ0n) is 20.7. The van der Waals surface area contributed by atoms with Crippen molar-refractivity contribution in [1.82, 2.24) is 9.80 Å². The molecule has 0 N–H and O–H groups in total. The van der Waals surface area contributed by atoms with Crippen LogP contribution in [0.5, 0.6) is 5.75 Å². The molecule has 0 spiro atoms. The van der Waals surface area contributed by atoms with E-state index in [9.17, 15) is 14.9 Å². The lowest BCUT2D eigenvalue weighted by molar-refractivity contribution is -0.147. The van der Waals surface area contributed by atoms with E-state index in [4.69, 9.17) is 18.9 Å². The Balaban J connectivity index is 1.98. The van der Waals surface area contributed by atoms with Gasteiger partial charge in [-0.1, -0.05) is 13.0 Å². The molecule has 2 amide bonds. The molecule has 0 radical (unpaired) electrons. The first-order chi connectivity index (χ1) is 16.3. The summed E-state index contributed by atoms with van der Waals surface area (Å²) in [6.45, 7) is 2.72. The number of amides is 2. The highest BCUT2D eigenvalue weighted by Crippen LogP contribution is 2.29. The minimum atomic E-state index is -0.488. The molecule has 2 aliphatic heterocycles. The molecule has 2 heterocycles. The fraction of sp³-hybridized carbons (Fsp3) is 0.640. The number of carbonyl (C=O) groups is 2. The van der Waals surface area contributed by atoms with Gasteiger partial charge in [-0.15, -0.1) is 0 Å². The van der Waals surface area contributed by atoms with Crippen molar-refractivity contribution in [3.05, 3.63) is 29.3 Å². The fourth-order valence-electron chi connectivity index (χ4n) is 4.63. The molecule has 1 aromatic carbocycles. The third kappa shape index (κ3) is 5.69. The number of hydrogen-bond acceptors (Lipinski definition) is 7. The van der Waals surface area contributed by atoms with Crippen LogP contribution < -0.4 is 4.74 Å². The molecule has 9 heteroatoms. The van der Waals surface area contributed by atoms with Gasteiger partial charge in [0.25, 0.3) is 5.91 Å². The SMILES string of the molecule is CO[C@H]1CN(C)C(=O)c2cccc(C#N)c2OC[C@H]2O[C@H](CC[C@H]2OC)CCN(C)C(=O)[C@H]1C. The van der Waals surface area contributed by atoms with Crippen molar-refractivity contribution < 1.29 is 28.5 Å². The lowest BCUT2D eigenvalue weighted by Gasteiger charge is -2.37. The normalized spacial score (nSPS) is 29.2. The van der Waals surface area contributed by atoms with Crippen molar-refractivity contribution in [2.75, 3.05) is 48.0 Å². The van der Waals surface area contributed by atoms with Gasteiger partial charge in [-0.25, -0.2) is 0 Å². The number of para-hydroxylation sites is 1. The maximum absolute atomic E-state index is 13.4. The van der Waals surface area contributed by atoms with Gasteiger partial charge >= 0.3 is 0 Å². The molecular formula is C25H35N3O6. The molecule has 0 saturated carbocycles. The first-order valence-corrected chi connectivity index (χ1v) is 11.7. The van der Waals surface area contributed by atoms with E-state index >= 15 is 0 Å². The number of methoxy groups -OCH3 is 2. The van der Waals surface area contributed by atoms with Crippen LogP contribution in [0.2, 0.25) is 0 Å². The van der Waals surface area contributed by atoms with Crippen molar-refractivity contribution in [1.29, 1.82) is 5.26 Å². The van der Waals surface area contributed by atoms with Crippen molar-refractivity contribution in [3.8, 4) is 11.8 Å². The van der Waals surface area contributed by atoms with Gasteiger partial charge in [0, 0.05) is 41.4 Å². The van der Waals surface area contributed by atoms with Gasteiger partial charge in [0.2, 0.25) is 5.91 Å². The van der Waals surface area contributed by atoms with Crippen LogP contribution in [-0.2, 0) is 19.0 Å². The third-order valence-corrected chi connectivity index (χ3v) is 6.83. The number of carbonyl (C=O) groups excluding carboxylic acids is 2. The molecule has 3 rings (SSSR count). The van der Waals surface area contributed by atoms with E-state index in [1.54, 1.807) is 44.3 Å². The van der Waals surface area contributed by atoms with Gasteiger partial charge < -0.3 is 28.7 Å². The number of benzene rings is 1. The Morgan fingerprint density at radius 1 is 1.06 bits per heavy atom. The topological polar surface area (TPSA) is 101 Å². The molecule has 0 aromatic heterocycles. The fourth-order valence-corrected chi connectivity index (χ4v) is 4.63. The van der Waals surface area contributed by atoms with Crippen LogP contribution in [-0.4, -0.2) is 94.0 Å². The van der Waals surface area contributed by atoms with E-state index in [1.165, 1.54) is 12.0 Å². The van der Waals surface area contributed by atoms with E-state index in [0.29, 0.717) is 13.0 Å². The summed E-state index contributed by atoms with van der Waals surface area (Å²) in [6.07, 6.45) is 1.25. The summed E-state index contributed by atoms with van der Waals surface area (Å²) in [7, 11) is 6.61. The van der Waals surface area contributed by atoms with Crippen LogP contribution in [0.4, 0.5) is 0 Å². The number of fused-ring (bicyclic) bond motifs is 3. The van der Waals surface area contributed by atoms with Gasteiger partial charge in [0.15, 0.2) is 0 Å². The van der Waals surface area contributed by atoms with Crippen LogP contribution in [0.1, 0.15) is 42.1 Å². The summed E-state index contributed by atoms with van der Waals surface area (Å²) in [4.78, 5) is 29.7. The molecule has 1 aromatic rings. The maximum Gasteiger partial charge on any atom is 0.257 e. The van der Waals surface area contributed by atoms with Crippen molar-refractivity contribution in [3.63, 3.8) is 0 Å². The number of ether oxygens (including phenoxy) is 4. The van der Waals surface area contributed by atoms with E-state index < -0.39 is 12.0 Å². The van der Waals surface area contributed by atoms with Crippen molar-refractivity contribution >= 4 is 11.8 Å². The lowest BCUT2D eigenvalue weighted by Crippen LogP contribution is -2.47. The Morgan fingerprint density at radius 3 is 2.47 bits per heavy atom. The highest BCUT2D eigenvalue weighted by atomic mass is 16.6. The molecule has 5 atom stereocenters. The van der Waals surface area contributed by atoms with Crippen molar-refractivity contribution in [2.45, 2.75) is 50.6 Å². The Bertz CT molecular complexity index is 916. The van der Waals surface area contributed by atoms with Crippen LogP contribution in [0.3, 0.4) is 0 Å². The largest absolute Gasteiger partial charge is 0.489 e. The molecule has 34 heavy (non-hydrogen) atoms. The van der Waals surface area contributed by atoms with Gasteiger partial charge in [0.05, 0.1) is 35.4 Å². The number of likely N-dealkylation sites (N-methyl/N-ethyl adjacent to an activating group) is 1. The first-order valence-electron chi connectivity index (χ1n) is 11.7. The Kier molecular flexibility index (Phi) is 8.89. The maximum atomic E-state index is 13.4. The molecule has 1 saturated heterocycles. The molecular weight excluding hydrogens is 438 g/mol. The predicted molar refractivity (Wildman–Crippen MR) is 125 cm³/mol. The summed E-state index contributed by atoms with van der Waals surface area (Å²) in [5.74, 6) is -0.582. The van der Waals surface area contributed by atoms with Gasteiger partial charge in [0.1, 0.15) is 24.5 Å². The molecule has 0 aliphatic carbocycles. The predicted octanol–water partition coefficient (Wildman–Crippen LogP) is 2.08. The second kappa shape index (κ2) is 11.6. The highest BCUT2D eigenvalue weighted by Gasteiger charge is 2.34. The molecule has 9 nitrogen and oxygen atoms in total. The average Bonchev–Trinajstić information content (AvgIpc) is 2.86. The smallest absolute Gasteiger partial charge is 0.257 e. The molecule has 0 unspecified atom stereocenters. The quantitative estimate of drug-likeness (QED) is 0.648. The summed E-state index contributed by atoms with van der Waals surface area (Å²) < 4.78 is 23.6. The minimum absolute atomic E-state index is 0.0441. The van der Waals surface area contributed by atoms with E-state index in [1.807, 2.05) is 6.92 Å². The van der Waals surface area contributed by atoms with Crippen LogP contribution in [0.15, 0.2) is 18.2 Å². The Labute approximate surface area is 201 Å². The van der Waals surface area contributed by atoms with Crippen LogP contribution in [0, 0.1) is 17.2 Å². The zero-order valence-corrected chi connectivity index (χ0v) is 20.7. The van der Waals surface area contributed by atoms with Gasteiger partial charge in [-0.3, -0.25) is 9.59 Å². The average molecular weight is 474 g/mol. The standard InChI is InChI=1S/C25H35N3O6/c1-16-21(32-5)14-28(3)25(30)19-8-6-7-17(13-26)23(19)33-15-22-20(31-4)10-9-18(34-22)11-12-27(2)24(16)29/h6-8,16,18,20-22H,9-12,14-15H2,1-5H3/t16-,18+,20+,21-,22+/m0/s1. The first kappa shape index (κ1) is 25.9. The lowest BCUT2D eigenvalue weighted by atomic mass is 9.98. The van der Waals surface area contributed by atoms with Gasteiger partial charge in [-0.05, 0) is 31.4 Å². The molecule has 2 bridgehead atoms. The summed E-state index contributed by atoms with van der Waals surface area (Å²) in [6, 6.07) is 7.04. The summed E-state index contributed by atoms with van der Waals surface area (Å²) in [5.41, 5.74) is 0.552. The molecule has 2 aliphatic rings. The van der Waals surface area contributed by atoms with Gasteiger partial charge in [-0.2, -0.15) is 5.26 Å². The van der Waals surface area contributed by atoms with E-state index in [0.717, 1.165) is 12.8 Å². The third-order valence-electron chi connectivity index (χ3n) is 6.83. The van der Waals surface area contributed by atoms with E-state index in [-0.39, 0.29) is 60.2 Å². The Hall–Kier alpha value is -2.67. The molecule has 186 valence electrons. The summed E-state index contributed by atoms with van der Waals surface area (Å²) >= 11 is 0. The number of nitriles is 1. The van der Waals surface area contributed by atoms with Crippen LogP contribution >= 0.6 is 0 Å². The number of nitrogens with zero attached hydrogens (tertiary/aromatic N) is 3. The number of hydrogen-bond donors (Lipinski definition) is 0. The zero-order chi connectivity index (χ0) is 24.8. The highest BCUT2D eigenvalue weighted by molar-refractivity contribution is 5.97. The second-order valence-corrected chi connectivity index (χ2v) is 9.05. The second-order valence-electron chi connectivity index (χ2n) is 9.05.